The molecule has 1 saturated carbocycles. The Hall–Kier alpha value is -2.10. The van der Waals surface area contributed by atoms with Gasteiger partial charge in [0.05, 0.1) is 6.54 Å². The molecule has 1 atom stereocenters. The number of nitrogens with zero attached hydrogens (tertiary/aromatic N) is 3. The lowest BCUT2D eigenvalue weighted by molar-refractivity contribution is -0.128. The lowest BCUT2D eigenvalue weighted by Crippen LogP contribution is -2.26. The van der Waals surface area contributed by atoms with Crippen molar-refractivity contribution in [3.8, 4) is 0 Å². The summed E-state index contributed by atoms with van der Waals surface area (Å²) in [6, 6.07) is 11.0. The molecular weight excluding hydrogens is 262 g/mol. The summed E-state index contributed by atoms with van der Waals surface area (Å²) in [5.41, 5.74) is 1.26. The van der Waals surface area contributed by atoms with Gasteiger partial charge in [0, 0.05) is 37.3 Å². The predicted octanol–water partition coefficient (Wildman–Crippen LogP) is 2.73. The van der Waals surface area contributed by atoms with Gasteiger partial charge < -0.3 is 9.47 Å². The molecule has 0 radical (unpaired) electrons. The number of benzene rings is 1. The Bertz CT molecular complexity index is 645. The largest absolute Gasteiger partial charge is 0.335 e. The summed E-state index contributed by atoms with van der Waals surface area (Å²) in [5.74, 6) is 1.59. The fourth-order valence-corrected chi connectivity index (χ4v) is 3.20. The third-order valence-corrected chi connectivity index (χ3v) is 4.51. The summed E-state index contributed by atoms with van der Waals surface area (Å²) in [7, 11) is 0. The van der Waals surface area contributed by atoms with E-state index in [1.807, 2.05) is 35.5 Å². The van der Waals surface area contributed by atoms with Crippen molar-refractivity contribution in [2.24, 2.45) is 0 Å². The molecule has 108 valence electrons. The van der Waals surface area contributed by atoms with Crippen molar-refractivity contribution in [3.05, 3.63) is 54.1 Å². The van der Waals surface area contributed by atoms with Gasteiger partial charge >= 0.3 is 0 Å². The molecule has 1 aromatic heterocycles. The fourth-order valence-electron chi connectivity index (χ4n) is 3.20. The van der Waals surface area contributed by atoms with Crippen LogP contribution >= 0.6 is 0 Å². The van der Waals surface area contributed by atoms with Crippen LogP contribution in [-0.2, 0) is 11.3 Å². The molecule has 0 N–H and O–H groups in total. The maximum atomic E-state index is 12.3. The average molecular weight is 281 g/mol. The monoisotopic (exact) mass is 281 g/mol. The maximum Gasteiger partial charge on any atom is 0.223 e. The van der Waals surface area contributed by atoms with E-state index >= 15 is 0 Å². The molecule has 0 bridgehead atoms. The molecule has 1 unspecified atom stereocenters. The molecule has 4 nitrogen and oxygen atoms in total. The third kappa shape index (κ3) is 2.46. The number of hydrogen-bond donors (Lipinski definition) is 0. The van der Waals surface area contributed by atoms with E-state index in [4.69, 9.17) is 0 Å². The first-order chi connectivity index (χ1) is 10.3. The van der Waals surface area contributed by atoms with Gasteiger partial charge in [-0.15, -0.1) is 0 Å². The lowest BCUT2D eigenvalue weighted by Gasteiger charge is -2.17. The van der Waals surface area contributed by atoms with Crippen molar-refractivity contribution in [2.75, 3.05) is 6.54 Å². The van der Waals surface area contributed by atoms with Crippen molar-refractivity contribution in [2.45, 2.75) is 37.8 Å². The number of aromatic nitrogens is 2. The molecular formula is C17H19N3O. The Labute approximate surface area is 124 Å². The van der Waals surface area contributed by atoms with Crippen LogP contribution in [0.2, 0.25) is 0 Å². The van der Waals surface area contributed by atoms with Gasteiger partial charge in [0.2, 0.25) is 5.91 Å². The number of amides is 1. The lowest BCUT2D eigenvalue weighted by atomic mass is 9.99. The molecule has 2 aromatic rings. The molecule has 0 spiro atoms. The van der Waals surface area contributed by atoms with Gasteiger partial charge in [0.15, 0.2) is 0 Å². The second-order valence-corrected chi connectivity index (χ2v) is 6.07. The average Bonchev–Trinajstić information content (AvgIpc) is 3.15. The van der Waals surface area contributed by atoms with E-state index in [2.05, 4.69) is 21.7 Å². The van der Waals surface area contributed by atoms with Crippen LogP contribution in [-0.4, -0.2) is 26.9 Å². The van der Waals surface area contributed by atoms with Gasteiger partial charge in [-0.25, -0.2) is 4.98 Å². The van der Waals surface area contributed by atoms with Gasteiger partial charge in [0.25, 0.3) is 0 Å². The number of imidazole rings is 1. The molecule has 1 saturated heterocycles. The molecule has 4 heteroatoms. The van der Waals surface area contributed by atoms with E-state index in [-0.39, 0.29) is 5.91 Å². The highest BCUT2D eigenvalue weighted by Gasteiger charge is 2.32. The number of carbonyl (C=O) groups excluding carboxylic acids is 1. The highest BCUT2D eigenvalue weighted by Crippen LogP contribution is 2.36. The Morgan fingerprint density at radius 2 is 2.00 bits per heavy atom. The highest BCUT2D eigenvalue weighted by atomic mass is 16.2. The normalized spacial score (nSPS) is 22.0. The van der Waals surface area contributed by atoms with Gasteiger partial charge in [0.1, 0.15) is 5.82 Å². The molecule has 4 rings (SSSR count). The number of rotatable bonds is 4. The zero-order chi connectivity index (χ0) is 14.2. The number of hydrogen-bond acceptors (Lipinski definition) is 2. The molecule has 1 aromatic carbocycles. The maximum absolute atomic E-state index is 12.3. The van der Waals surface area contributed by atoms with Crippen molar-refractivity contribution < 1.29 is 4.79 Å². The summed E-state index contributed by atoms with van der Waals surface area (Å²) in [6.45, 7) is 1.45. The van der Waals surface area contributed by atoms with Crippen molar-refractivity contribution in [1.82, 2.24) is 14.5 Å². The second kappa shape index (κ2) is 5.02. The summed E-state index contributed by atoms with van der Waals surface area (Å²) >= 11 is 0. The van der Waals surface area contributed by atoms with Crippen LogP contribution in [0, 0.1) is 0 Å². The zero-order valence-corrected chi connectivity index (χ0v) is 12.0. The highest BCUT2D eigenvalue weighted by molar-refractivity contribution is 5.79. The van der Waals surface area contributed by atoms with Crippen LogP contribution in [0.15, 0.2) is 42.7 Å². The summed E-state index contributed by atoms with van der Waals surface area (Å²) < 4.78 is 2.24. The smallest absolute Gasteiger partial charge is 0.223 e. The molecule has 1 amide bonds. The van der Waals surface area contributed by atoms with Crippen LogP contribution in [0.3, 0.4) is 0 Å². The SMILES string of the molecule is O=C1CC(c2ccccc2)CN1Cc1nccn1C1CC1. The van der Waals surface area contributed by atoms with Gasteiger partial charge in [-0.1, -0.05) is 30.3 Å². The van der Waals surface area contributed by atoms with Crippen LogP contribution in [0.25, 0.3) is 0 Å². The van der Waals surface area contributed by atoms with Crippen LogP contribution in [0.1, 0.15) is 42.6 Å². The number of carbonyl (C=O) groups is 1. The minimum atomic E-state index is 0.245. The van der Waals surface area contributed by atoms with Gasteiger partial charge in [-0.05, 0) is 18.4 Å². The molecule has 1 aliphatic carbocycles. The number of likely N-dealkylation sites (tertiary alicyclic amines) is 1. The Morgan fingerprint density at radius 3 is 2.76 bits per heavy atom. The van der Waals surface area contributed by atoms with E-state index in [9.17, 15) is 4.79 Å². The Kier molecular flexibility index (Phi) is 3.02. The first-order valence-corrected chi connectivity index (χ1v) is 7.65. The van der Waals surface area contributed by atoms with E-state index in [0.29, 0.717) is 24.9 Å². The van der Waals surface area contributed by atoms with Gasteiger partial charge in [-0.2, -0.15) is 0 Å². The quantitative estimate of drug-likeness (QED) is 0.864. The third-order valence-electron chi connectivity index (χ3n) is 4.51. The Balaban J connectivity index is 1.49. The summed E-state index contributed by atoms with van der Waals surface area (Å²) in [4.78, 5) is 18.7. The van der Waals surface area contributed by atoms with Crippen molar-refractivity contribution in [1.29, 1.82) is 0 Å². The van der Waals surface area contributed by atoms with Crippen LogP contribution < -0.4 is 0 Å². The van der Waals surface area contributed by atoms with E-state index in [1.165, 1.54) is 18.4 Å². The van der Waals surface area contributed by atoms with Crippen LogP contribution in [0.5, 0.6) is 0 Å². The minimum Gasteiger partial charge on any atom is -0.335 e. The molecule has 2 aliphatic rings. The Morgan fingerprint density at radius 1 is 1.19 bits per heavy atom. The van der Waals surface area contributed by atoms with Crippen molar-refractivity contribution in [3.63, 3.8) is 0 Å². The predicted molar refractivity (Wildman–Crippen MR) is 79.7 cm³/mol. The minimum absolute atomic E-state index is 0.245. The van der Waals surface area contributed by atoms with E-state index in [1.54, 1.807) is 0 Å². The van der Waals surface area contributed by atoms with Crippen molar-refractivity contribution >= 4 is 5.91 Å². The second-order valence-electron chi connectivity index (χ2n) is 6.07. The van der Waals surface area contributed by atoms with Gasteiger partial charge in [-0.3, -0.25) is 4.79 Å². The van der Waals surface area contributed by atoms with E-state index in [0.717, 1.165) is 12.4 Å². The van der Waals surface area contributed by atoms with E-state index < -0.39 is 0 Å². The molecule has 21 heavy (non-hydrogen) atoms. The first kappa shape index (κ1) is 12.6. The summed E-state index contributed by atoms with van der Waals surface area (Å²) in [6.07, 6.45) is 6.99. The topological polar surface area (TPSA) is 38.1 Å². The zero-order valence-electron chi connectivity index (χ0n) is 12.0. The van der Waals surface area contributed by atoms with Crippen LogP contribution in [0.4, 0.5) is 0 Å². The standard InChI is InChI=1S/C17H19N3O/c21-17-10-14(13-4-2-1-3-5-13)11-19(17)12-16-18-8-9-20(16)15-6-7-15/h1-5,8-9,14-15H,6-7,10-12H2. The summed E-state index contributed by atoms with van der Waals surface area (Å²) in [5, 5.41) is 0. The molecule has 1 aliphatic heterocycles. The first-order valence-electron chi connectivity index (χ1n) is 7.65. The fraction of sp³-hybridized carbons (Fsp3) is 0.412. The molecule has 2 heterocycles. The molecule has 2 fully saturated rings.